The molecular formula is C12H23N3O4. The minimum absolute atomic E-state index is 0.0194. The summed E-state index contributed by atoms with van der Waals surface area (Å²) >= 11 is 0. The molecule has 1 fully saturated rings. The third-order valence-corrected chi connectivity index (χ3v) is 3.08. The third kappa shape index (κ3) is 5.44. The van der Waals surface area contributed by atoms with Crippen molar-refractivity contribution in [2.75, 3.05) is 46.3 Å². The molecule has 0 aliphatic carbocycles. The fourth-order valence-electron chi connectivity index (χ4n) is 2.23. The summed E-state index contributed by atoms with van der Waals surface area (Å²) in [5.74, 6) is -0.842. The second kappa shape index (κ2) is 7.30. The van der Waals surface area contributed by atoms with Crippen LogP contribution >= 0.6 is 0 Å². The van der Waals surface area contributed by atoms with Crippen molar-refractivity contribution >= 4 is 12.0 Å². The first-order valence-corrected chi connectivity index (χ1v) is 6.52. The van der Waals surface area contributed by atoms with Crippen LogP contribution in [0.2, 0.25) is 0 Å². The van der Waals surface area contributed by atoms with E-state index in [2.05, 4.69) is 0 Å². The molecule has 0 radical (unpaired) electrons. The quantitative estimate of drug-likeness (QED) is 0.722. The van der Waals surface area contributed by atoms with Gasteiger partial charge >= 0.3 is 12.0 Å². The molecule has 1 unspecified atom stereocenters. The van der Waals surface area contributed by atoms with Crippen molar-refractivity contribution in [2.24, 2.45) is 0 Å². The number of aliphatic hydroxyl groups is 1. The van der Waals surface area contributed by atoms with Gasteiger partial charge in [0.2, 0.25) is 0 Å². The first-order chi connectivity index (χ1) is 8.90. The highest BCUT2D eigenvalue weighted by Gasteiger charge is 2.22. The van der Waals surface area contributed by atoms with Crippen LogP contribution in [0.4, 0.5) is 4.79 Å². The van der Waals surface area contributed by atoms with Crippen LogP contribution in [-0.2, 0) is 4.79 Å². The van der Waals surface area contributed by atoms with Crippen LogP contribution in [-0.4, -0.2) is 89.3 Å². The van der Waals surface area contributed by atoms with Crippen molar-refractivity contribution in [1.82, 2.24) is 14.7 Å². The minimum Gasteiger partial charge on any atom is -0.480 e. The van der Waals surface area contributed by atoms with E-state index in [9.17, 15) is 14.7 Å². The van der Waals surface area contributed by atoms with Gasteiger partial charge < -0.3 is 20.0 Å². The Morgan fingerprint density at radius 1 is 1.26 bits per heavy atom. The van der Waals surface area contributed by atoms with E-state index in [0.717, 1.165) is 6.42 Å². The van der Waals surface area contributed by atoms with Crippen LogP contribution in [0.1, 0.15) is 13.3 Å². The Labute approximate surface area is 113 Å². The Balaban J connectivity index is 2.47. The number of rotatable bonds is 4. The van der Waals surface area contributed by atoms with Crippen LogP contribution in [0.15, 0.2) is 0 Å². The maximum atomic E-state index is 12.1. The molecular weight excluding hydrogens is 250 g/mol. The maximum absolute atomic E-state index is 12.1. The van der Waals surface area contributed by atoms with Crippen molar-refractivity contribution in [3.63, 3.8) is 0 Å². The lowest BCUT2D eigenvalue weighted by Gasteiger charge is -2.27. The zero-order chi connectivity index (χ0) is 14.4. The van der Waals surface area contributed by atoms with E-state index in [0.29, 0.717) is 32.7 Å². The van der Waals surface area contributed by atoms with Crippen LogP contribution in [0.25, 0.3) is 0 Å². The number of carboxylic acids is 1. The molecule has 1 aliphatic heterocycles. The van der Waals surface area contributed by atoms with E-state index in [-0.39, 0.29) is 12.6 Å². The number of hydrogen-bond donors (Lipinski definition) is 2. The van der Waals surface area contributed by atoms with E-state index in [1.54, 1.807) is 18.9 Å². The first kappa shape index (κ1) is 15.7. The van der Waals surface area contributed by atoms with Gasteiger partial charge in [0.15, 0.2) is 0 Å². The van der Waals surface area contributed by atoms with Crippen molar-refractivity contribution in [3.8, 4) is 0 Å². The van der Waals surface area contributed by atoms with Gasteiger partial charge in [-0.1, -0.05) is 0 Å². The van der Waals surface area contributed by atoms with E-state index in [1.807, 2.05) is 4.90 Å². The van der Waals surface area contributed by atoms with Crippen LogP contribution in [0.3, 0.4) is 0 Å². The smallest absolute Gasteiger partial charge is 0.319 e. The molecule has 0 bridgehead atoms. The average Bonchev–Trinajstić information content (AvgIpc) is 2.52. The molecule has 2 N–H and O–H groups in total. The average molecular weight is 273 g/mol. The second-order valence-corrected chi connectivity index (χ2v) is 5.02. The van der Waals surface area contributed by atoms with Crippen molar-refractivity contribution < 1.29 is 19.8 Å². The largest absolute Gasteiger partial charge is 0.480 e. The van der Waals surface area contributed by atoms with Crippen molar-refractivity contribution in [1.29, 1.82) is 0 Å². The molecule has 7 heteroatoms. The zero-order valence-electron chi connectivity index (χ0n) is 11.6. The molecule has 0 aromatic rings. The summed E-state index contributed by atoms with van der Waals surface area (Å²) in [4.78, 5) is 27.8. The standard InChI is InChI=1S/C12H23N3O4/c1-10(16)8-13(2)12(19)15-5-3-4-14(6-7-15)9-11(17)18/h10,16H,3-9H2,1-2H3,(H,17,18). The number of urea groups is 1. The summed E-state index contributed by atoms with van der Waals surface area (Å²) in [5, 5.41) is 18.0. The van der Waals surface area contributed by atoms with Crippen LogP contribution in [0, 0.1) is 0 Å². The SMILES string of the molecule is CC(O)CN(C)C(=O)N1CCCN(CC(=O)O)CC1. The molecule has 0 saturated carbocycles. The highest BCUT2D eigenvalue weighted by molar-refractivity contribution is 5.74. The summed E-state index contributed by atoms with van der Waals surface area (Å²) in [5.41, 5.74) is 0. The maximum Gasteiger partial charge on any atom is 0.319 e. The number of nitrogens with zero attached hydrogens (tertiary/aromatic N) is 3. The number of likely N-dealkylation sites (N-methyl/N-ethyl adjacent to an activating group) is 1. The molecule has 1 heterocycles. The zero-order valence-corrected chi connectivity index (χ0v) is 11.6. The highest BCUT2D eigenvalue weighted by Crippen LogP contribution is 2.06. The summed E-state index contributed by atoms with van der Waals surface area (Å²) in [6, 6.07) is -0.113. The summed E-state index contributed by atoms with van der Waals surface area (Å²) in [6.07, 6.45) is 0.214. The van der Waals surface area contributed by atoms with E-state index < -0.39 is 12.1 Å². The Kier molecular flexibility index (Phi) is 6.04. The van der Waals surface area contributed by atoms with E-state index in [4.69, 9.17) is 5.11 Å². The van der Waals surface area contributed by atoms with Crippen LogP contribution < -0.4 is 0 Å². The third-order valence-electron chi connectivity index (χ3n) is 3.08. The normalized spacial score (nSPS) is 18.8. The number of carboxylic acid groups (broad SMARTS) is 1. The van der Waals surface area contributed by atoms with Gasteiger partial charge in [0.25, 0.3) is 0 Å². The molecule has 1 rings (SSSR count). The van der Waals surface area contributed by atoms with Gasteiger partial charge in [-0.15, -0.1) is 0 Å². The molecule has 0 aromatic heterocycles. The second-order valence-electron chi connectivity index (χ2n) is 5.02. The minimum atomic E-state index is -0.842. The number of aliphatic hydroxyl groups excluding tert-OH is 1. The topological polar surface area (TPSA) is 84.3 Å². The highest BCUT2D eigenvalue weighted by atomic mass is 16.4. The molecule has 0 aromatic carbocycles. The molecule has 110 valence electrons. The predicted octanol–water partition coefficient (Wildman–Crippen LogP) is -0.489. The van der Waals surface area contributed by atoms with Crippen molar-refractivity contribution in [2.45, 2.75) is 19.4 Å². The lowest BCUT2D eigenvalue weighted by Crippen LogP contribution is -2.45. The molecule has 19 heavy (non-hydrogen) atoms. The van der Waals surface area contributed by atoms with Crippen LogP contribution in [0.5, 0.6) is 0 Å². The Morgan fingerprint density at radius 3 is 2.53 bits per heavy atom. The lowest BCUT2D eigenvalue weighted by molar-refractivity contribution is -0.138. The molecule has 7 nitrogen and oxygen atoms in total. The first-order valence-electron chi connectivity index (χ1n) is 6.52. The van der Waals surface area contributed by atoms with Gasteiger partial charge in [-0.25, -0.2) is 4.79 Å². The Hall–Kier alpha value is -1.34. The summed E-state index contributed by atoms with van der Waals surface area (Å²) in [7, 11) is 1.66. The summed E-state index contributed by atoms with van der Waals surface area (Å²) in [6.45, 7) is 4.37. The molecule has 1 atom stereocenters. The van der Waals surface area contributed by atoms with Gasteiger partial charge in [0.1, 0.15) is 0 Å². The van der Waals surface area contributed by atoms with Crippen molar-refractivity contribution in [3.05, 3.63) is 0 Å². The number of amides is 2. The van der Waals surface area contributed by atoms with Gasteiger partial charge in [0, 0.05) is 39.8 Å². The van der Waals surface area contributed by atoms with E-state index >= 15 is 0 Å². The number of hydrogen-bond acceptors (Lipinski definition) is 4. The van der Waals surface area contributed by atoms with Gasteiger partial charge in [-0.2, -0.15) is 0 Å². The van der Waals surface area contributed by atoms with Gasteiger partial charge in [-0.3, -0.25) is 9.69 Å². The van der Waals surface area contributed by atoms with Gasteiger partial charge in [0.05, 0.1) is 12.6 Å². The monoisotopic (exact) mass is 273 g/mol. The fraction of sp³-hybridized carbons (Fsp3) is 0.833. The number of carbonyl (C=O) groups is 2. The predicted molar refractivity (Wildman–Crippen MR) is 70.0 cm³/mol. The number of aliphatic carboxylic acids is 1. The Morgan fingerprint density at radius 2 is 1.95 bits per heavy atom. The Bertz CT molecular complexity index is 322. The molecule has 2 amide bonds. The van der Waals surface area contributed by atoms with E-state index in [1.165, 1.54) is 4.90 Å². The summed E-state index contributed by atoms with van der Waals surface area (Å²) < 4.78 is 0. The number of carbonyl (C=O) groups excluding carboxylic acids is 1. The fourth-order valence-corrected chi connectivity index (χ4v) is 2.23. The lowest BCUT2D eigenvalue weighted by atomic mass is 10.3. The van der Waals surface area contributed by atoms with Gasteiger partial charge in [-0.05, 0) is 13.3 Å². The molecule has 1 aliphatic rings. The molecule has 1 saturated heterocycles. The molecule has 0 spiro atoms.